The van der Waals surface area contributed by atoms with Crippen molar-refractivity contribution in [3.8, 4) is 0 Å². The van der Waals surface area contributed by atoms with Crippen molar-refractivity contribution in [3.05, 3.63) is 20.8 Å². The summed E-state index contributed by atoms with van der Waals surface area (Å²) in [5, 5.41) is 2.76. The van der Waals surface area contributed by atoms with Crippen molar-refractivity contribution >= 4 is 39.3 Å². The fourth-order valence-corrected chi connectivity index (χ4v) is 2.73. The molecule has 0 saturated heterocycles. The summed E-state index contributed by atoms with van der Waals surface area (Å²) in [4.78, 5) is 25.7. The molecule has 0 saturated carbocycles. The van der Waals surface area contributed by atoms with Gasteiger partial charge in [0, 0.05) is 11.9 Å². The van der Waals surface area contributed by atoms with Crippen molar-refractivity contribution in [2.75, 3.05) is 13.6 Å². The van der Waals surface area contributed by atoms with E-state index in [0.717, 1.165) is 8.66 Å². The SMILES string of the molecule is CN(CC(=O)NCc1ccc(Br)s1)C(=O)OC(C)(C)C. The highest BCUT2D eigenvalue weighted by atomic mass is 79.9. The second kappa shape index (κ2) is 7.08. The minimum atomic E-state index is -0.564. The number of nitrogens with zero attached hydrogens (tertiary/aromatic N) is 1. The summed E-state index contributed by atoms with van der Waals surface area (Å²) in [5.41, 5.74) is -0.564. The number of thiophene rings is 1. The summed E-state index contributed by atoms with van der Waals surface area (Å²) < 4.78 is 6.19. The molecule has 1 rings (SSSR count). The van der Waals surface area contributed by atoms with Gasteiger partial charge in [-0.2, -0.15) is 0 Å². The van der Waals surface area contributed by atoms with Crippen molar-refractivity contribution < 1.29 is 14.3 Å². The number of hydrogen-bond acceptors (Lipinski definition) is 4. The van der Waals surface area contributed by atoms with Crippen LogP contribution in [0.5, 0.6) is 0 Å². The van der Waals surface area contributed by atoms with Crippen LogP contribution in [0.4, 0.5) is 4.79 Å². The second-order valence-electron chi connectivity index (χ2n) is 5.32. The van der Waals surface area contributed by atoms with Crippen molar-refractivity contribution in [1.29, 1.82) is 0 Å². The lowest BCUT2D eigenvalue weighted by Gasteiger charge is -2.24. The Bertz CT molecular complexity index is 482. The van der Waals surface area contributed by atoms with Crippen LogP contribution in [0.1, 0.15) is 25.6 Å². The van der Waals surface area contributed by atoms with E-state index in [9.17, 15) is 9.59 Å². The first kappa shape index (κ1) is 17.0. The average molecular weight is 363 g/mol. The van der Waals surface area contributed by atoms with Gasteiger partial charge in [-0.25, -0.2) is 4.79 Å². The lowest BCUT2D eigenvalue weighted by molar-refractivity contribution is -0.122. The van der Waals surface area contributed by atoms with E-state index in [1.165, 1.54) is 11.9 Å². The van der Waals surface area contributed by atoms with Crippen LogP contribution in [0.3, 0.4) is 0 Å². The van der Waals surface area contributed by atoms with E-state index in [4.69, 9.17) is 4.74 Å². The van der Waals surface area contributed by atoms with Gasteiger partial charge < -0.3 is 15.0 Å². The number of rotatable bonds is 4. The third kappa shape index (κ3) is 6.38. The molecular formula is C13H19BrN2O3S. The van der Waals surface area contributed by atoms with Gasteiger partial charge in [-0.1, -0.05) is 0 Å². The fourth-order valence-electron chi connectivity index (χ4n) is 1.31. The molecule has 112 valence electrons. The van der Waals surface area contributed by atoms with Crippen LogP contribution in [0.2, 0.25) is 0 Å². The summed E-state index contributed by atoms with van der Waals surface area (Å²) in [5.74, 6) is -0.220. The molecule has 0 radical (unpaired) electrons. The monoisotopic (exact) mass is 362 g/mol. The zero-order chi connectivity index (χ0) is 15.3. The molecule has 5 nitrogen and oxygen atoms in total. The Morgan fingerprint density at radius 2 is 2.05 bits per heavy atom. The van der Waals surface area contributed by atoms with Crippen molar-refractivity contribution in [1.82, 2.24) is 10.2 Å². The number of carbonyl (C=O) groups is 2. The van der Waals surface area contributed by atoms with Crippen LogP contribution < -0.4 is 5.32 Å². The van der Waals surface area contributed by atoms with E-state index in [1.54, 1.807) is 32.1 Å². The van der Waals surface area contributed by atoms with Gasteiger partial charge in [0.05, 0.1) is 10.3 Å². The molecule has 1 heterocycles. The van der Waals surface area contributed by atoms with E-state index in [-0.39, 0.29) is 12.5 Å². The number of likely N-dealkylation sites (N-methyl/N-ethyl adjacent to an activating group) is 1. The van der Waals surface area contributed by atoms with E-state index < -0.39 is 11.7 Å². The quantitative estimate of drug-likeness (QED) is 0.895. The molecule has 1 aromatic heterocycles. The van der Waals surface area contributed by atoms with Gasteiger partial charge in [-0.15, -0.1) is 11.3 Å². The van der Waals surface area contributed by atoms with E-state index >= 15 is 0 Å². The first-order valence-electron chi connectivity index (χ1n) is 6.12. The highest BCUT2D eigenvalue weighted by Gasteiger charge is 2.20. The second-order valence-corrected chi connectivity index (χ2v) is 7.87. The van der Waals surface area contributed by atoms with E-state index in [0.29, 0.717) is 6.54 Å². The molecule has 0 aliphatic heterocycles. The molecule has 0 aliphatic carbocycles. The number of amides is 2. The van der Waals surface area contributed by atoms with Gasteiger partial charge in [0.1, 0.15) is 12.1 Å². The maximum atomic E-state index is 11.7. The predicted octanol–water partition coefficient (Wildman–Crippen LogP) is 2.99. The summed E-state index contributed by atoms with van der Waals surface area (Å²) in [7, 11) is 1.54. The number of nitrogens with one attached hydrogen (secondary N) is 1. The van der Waals surface area contributed by atoms with E-state index in [1.807, 2.05) is 12.1 Å². The molecule has 0 unspecified atom stereocenters. The fraction of sp³-hybridized carbons (Fsp3) is 0.538. The molecular weight excluding hydrogens is 344 g/mol. The third-order valence-corrected chi connectivity index (χ3v) is 3.80. The Balaban J connectivity index is 2.36. The molecule has 0 aromatic carbocycles. The van der Waals surface area contributed by atoms with Gasteiger partial charge >= 0.3 is 6.09 Å². The predicted molar refractivity (Wildman–Crippen MR) is 82.7 cm³/mol. The molecule has 0 bridgehead atoms. The highest BCUT2D eigenvalue weighted by Crippen LogP contribution is 2.21. The molecule has 0 atom stereocenters. The topological polar surface area (TPSA) is 58.6 Å². The average Bonchev–Trinajstić information content (AvgIpc) is 2.70. The Labute approximate surface area is 131 Å². The molecule has 1 N–H and O–H groups in total. The lowest BCUT2D eigenvalue weighted by Crippen LogP contribution is -2.40. The number of halogens is 1. The Morgan fingerprint density at radius 3 is 2.55 bits per heavy atom. The summed E-state index contributed by atoms with van der Waals surface area (Å²) in [6.07, 6.45) is -0.508. The molecule has 1 aromatic rings. The van der Waals surface area contributed by atoms with Gasteiger partial charge in [0.25, 0.3) is 0 Å². The van der Waals surface area contributed by atoms with Gasteiger partial charge in [-0.05, 0) is 48.8 Å². The zero-order valence-corrected chi connectivity index (χ0v) is 14.4. The smallest absolute Gasteiger partial charge is 0.410 e. The molecule has 0 spiro atoms. The number of ether oxygens (including phenoxy) is 1. The third-order valence-electron chi connectivity index (χ3n) is 2.17. The number of carbonyl (C=O) groups excluding carboxylic acids is 2. The van der Waals surface area contributed by atoms with Gasteiger partial charge in [0.15, 0.2) is 0 Å². The van der Waals surface area contributed by atoms with Crippen LogP contribution in [-0.4, -0.2) is 36.1 Å². The minimum Gasteiger partial charge on any atom is -0.444 e. The van der Waals surface area contributed by atoms with Crippen LogP contribution in [0.15, 0.2) is 15.9 Å². The van der Waals surface area contributed by atoms with E-state index in [2.05, 4.69) is 21.2 Å². The molecule has 20 heavy (non-hydrogen) atoms. The van der Waals surface area contributed by atoms with Gasteiger partial charge in [-0.3, -0.25) is 4.79 Å². The number of hydrogen-bond donors (Lipinski definition) is 1. The lowest BCUT2D eigenvalue weighted by atomic mass is 10.2. The largest absolute Gasteiger partial charge is 0.444 e. The molecule has 2 amide bonds. The van der Waals surface area contributed by atoms with Crippen LogP contribution in [0.25, 0.3) is 0 Å². The summed E-state index contributed by atoms with van der Waals surface area (Å²) in [6, 6.07) is 3.87. The molecule has 7 heteroatoms. The minimum absolute atomic E-state index is 0.0263. The van der Waals surface area contributed by atoms with Crippen LogP contribution in [-0.2, 0) is 16.1 Å². The normalized spacial score (nSPS) is 11.1. The first-order chi connectivity index (χ1) is 9.17. The molecule has 0 fully saturated rings. The zero-order valence-electron chi connectivity index (χ0n) is 12.0. The molecule has 0 aliphatic rings. The maximum absolute atomic E-state index is 11.7. The first-order valence-corrected chi connectivity index (χ1v) is 7.73. The summed E-state index contributed by atoms with van der Waals surface area (Å²) in [6.45, 7) is 5.78. The van der Waals surface area contributed by atoms with Crippen molar-refractivity contribution in [2.45, 2.75) is 32.9 Å². The van der Waals surface area contributed by atoms with Crippen molar-refractivity contribution in [2.24, 2.45) is 0 Å². The Morgan fingerprint density at radius 1 is 1.40 bits per heavy atom. The maximum Gasteiger partial charge on any atom is 0.410 e. The van der Waals surface area contributed by atoms with Crippen LogP contribution >= 0.6 is 27.3 Å². The Kier molecular flexibility index (Phi) is 6.01. The highest BCUT2D eigenvalue weighted by molar-refractivity contribution is 9.11. The standard InChI is InChI=1S/C13H19BrN2O3S/c1-13(2,3)19-12(18)16(4)8-11(17)15-7-9-5-6-10(14)20-9/h5-6H,7-8H2,1-4H3,(H,15,17). The van der Waals surface area contributed by atoms with Crippen LogP contribution in [0, 0.1) is 0 Å². The van der Waals surface area contributed by atoms with Gasteiger partial charge in [0.2, 0.25) is 5.91 Å². The Hall–Kier alpha value is -1.08. The van der Waals surface area contributed by atoms with Crippen molar-refractivity contribution in [3.63, 3.8) is 0 Å². The summed E-state index contributed by atoms with van der Waals surface area (Å²) >= 11 is 4.92.